The lowest BCUT2D eigenvalue weighted by Crippen LogP contribution is -2.07. The Balaban J connectivity index is 1.77. The van der Waals surface area contributed by atoms with Crippen molar-refractivity contribution < 1.29 is 40.3 Å². The van der Waals surface area contributed by atoms with E-state index in [1.165, 1.54) is 24.3 Å². The molecule has 0 radical (unpaired) electrons. The minimum atomic E-state index is -4.67. The number of hydrogen-bond acceptors (Lipinski definition) is 2. The Hall–Kier alpha value is -4.79. The summed E-state index contributed by atoms with van der Waals surface area (Å²) in [5, 5.41) is 0. The van der Waals surface area contributed by atoms with Crippen LogP contribution in [-0.4, -0.2) is 12.6 Å². The van der Waals surface area contributed by atoms with Gasteiger partial charge in [0.2, 0.25) is 0 Å². The number of alkyl halides is 7. The highest BCUT2D eigenvalue weighted by molar-refractivity contribution is 5.84. The van der Waals surface area contributed by atoms with Gasteiger partial charge in [0.05, 0.1) is 11.1 Å². The molecule has 0 atom stereocenters. The van der Waals surface area contributed by atoms with E-state index >= 15 is 0 Å². The molecule has 0 spiro atoms. The summed E-state index contributed by atoms with van der Waals surface area (Å²) < 4.78 is 95.8. The minimum Gasteiger partial charge on any atom is -0.298 e. The van der Waals surface area contributed by atoms with E-state index in [9.17, 15) is 40.3 Å². The van der Waals surface area contributed by atoms with E-state index in [-0.39, 0.29) is 27.8 Å². The van der Waals surface area contributed by atoms with Crippen molar-refractivity contribution in [1.29, 1.82) is 0 Å². The summed E-state index contributed by atoms with van der Waals surface area (Å²) >= 11 is 0. The molecule has 0 aliphatic carbocycles. The lowest BCUT2D eigenvalue weighted by Gasteiger charge is -2.15. The molecule has 0 bridgehead atoms. The molecule has 4 aromatic rings. The predicted molar refractivity (Wildman–Crippen MR) is 153 cm³/mol. The maximum atomic E-state index is 14.5. The lowest BCUT2D eigenvalue weighted by molar-refractivity contribution is -0.138. The van der Waals surface area contributed by atoms with Gasteiger partial charge < -0.3 is 0 Å². The van der Waals surface area contributed by atoms with Crippen molar-refractivity contribution in [3.05, 3.63) is 128 Å². The van der Waals surface area contributed by atoms with Gasteiger partial charge in [0.25, 0.3) is 0 Å². The third kappa shape index (κ3) is 6.99. The Labute approximate surface area is 242 Å². The van der Waals surface area contributed by atoms with Gasteiger partial charge in [-0.25, -0.2) is 4.39 Å². The van der Waals surface area contributed by atoms with Gasteiger partial charge in [0.15, 0.2) is 0 Å². The van der Waals surface area contributed by atoms with Crippen molar-refractivity contribution in [2.45, 2.75) is 26.0 Å². The van der Waals surface area contributed by atoms with E-state index in [0.29, 0.717) is 40.4 Å². The molecule has 4 aromatic carbocycles. The highest BCUT2D eigenvalue weighted by atomic mass is 19.4. The zero-order chi connectivity index (χ0) is 31.4. The zero-order valence-electron chi connectivity index (χ0n) is 22.6. The first kappa shape index (κ1) is 31.2. The van der Waals surface area contributed by atoms with Crippen LogP contribution in [0.5, 0.6) is 0 Å². The number of carbonyl (C=O) groups excluding carboxylic acids is 2. The van der Waals surface area contributed by atoms with Crippen LogP contribution in [0.1, 0.15) is 65.2 Å². The normalized spacial score (nSPS) is 12.3. The van der Waals surface area contributed by atoms with Crippen LogP contribution in [-0.2, 0) is 19.0 Å². The molecule has 0 aromatic heterocycles. The summed E-state index contributed by atoms with van der Waals surface area (Å²) in [6.07, 6.45) is -3.20. The molecule has 0 N–H and O–H groups in total. The monoisotopic (exact) mass is 596 g/mol. The van der Waals surface area contributed by atoms with Crippen LogP contribution >= 0.6 is 0 Å². The van der Waals surface area contributed by atoms with Crippen LogP contribution in [0.3, 0.4) is 0 Å². The summed E-state index contributed by atoms with van der Waals surface area (Å²) in [6, 6.07) is 15.9. The first-order valence-corrected chi connectivity index (χ1v) is 12.8. The molecular weight excluding hydrogens is 573 g/mol. The van der Waals surface area contributed by atoms with Crippen LogP contribution < -0.4 is 0 Å². The Bertz CT molecular complexity index is 1730. The average Bonchev–Trinajstić information content (AvgIpc) is 2.97. The summed E-state index contributed by atoms with van der Waals surface area (Å²) in [6.45, 7) is 0.760. The van der Waals surface area contributed by atoms with Gasteiger partial charge in [-0.1, -0.05) is 72.8 Å². The molecule has 0 amide bonds. The second kappa shape index (κ2) is 12.6. The molecule has 0 unspecified atom stereocenters. The molecule has 220 valence electrons. The number of aldehydes is 2. The van der Waals surface area contributed by atoms with Crippen LogP contribution in [0.4, 0.5) is 30.7 Å². The van der Waals surface area contributed by atoms with Gasteiger partial charge in [0.1, 0.15) is 19.2 Å². The van der Waals surface area contributed by atoms with Crippen LogP contribution in [0, 0.1) is 6.92 Å². The fourth-order valence-corrected chi connectivity index (χ4v) is 4.75. The first-order valence-electron chi connectivity index (χ1n) is 12.8. The first-order chi connectivity index (χ1) is 20.4. The van der Waals surface area contributed by atoms with E-state index in [4.69, 9.17) is 0 Å². The number of hydrogen-bond donors (Lipinski definition) is 0. The largest absolute Gasteiger partial charge is 0.416 e. The molecule has 43 heavy (non-hydrogen) atoms. The topological polar surface area (TPSA) is 34.1 Å². The van der Waals surface area contributed by atoms with Crippen LogP contribution in [0.2, 0.25) is 0 Å². The fraction of sp³-hybridized carbons (Fsp3) is 0.118. The smallest absolute Gasteiger partial charge is 0.298 e. The molecule has 2 nitrogen and oxygen atoms in total. The van der Waals surface area contributed by atoms with Gasteiger partial charge in [-0.05, 0) is 75.7 Å². The van der Waals surface area contributed by atoms with E-state index in [1.54, 1.807) is 43.3 Å². The van der Waals surface area contributed by atoms with E-state index < -0.39 is 30.2 Å². The summed E-state index contributed by atoms with van der Waals surface area (Å²) in [5.74, 6) is 0. The SMILES string of the molecule is Cc1c(/C=C/c2cc(C=O)ccc2C(F)(F)F)cccc1-c1cccc(/C=C/c2cc(C=O)ccc2C(F)(F)F)c1CF. The van der Waals surface area contributed by atoms with Crippen LogP contribution in [0.25, 0.3) is 35.4 Å². The highest BCUT2D eigenvalue weighted by Crippen LogP contribution is 2.36. The number of carbonyl (C=O) groups is 2. The van der Waals surface area contributed by atoms with E-state index in [2.05, 4.69) is 0 Å². The number of rotatable bonds is 8. The molecule has 4 rings (SSSR count). The fourth-order valence-electron chi connectivity index (χ4n) is 4.75. The Morgan fingerprint density at radius 2 is 1.02 bits per heavy atom. The van der Waals surface area contributed by atoms with Crippen molar-refractivity contribution in [2.24, 2.45) is 0 Å². The molecule has 0 fully saturated rings. The van der Waals surface area contributed by atoms with Crippen molar-refractivity contribution in [1.82, 2.24) is 0 Å². The van der Waals surface area contributed by atoms with Gasteiger partial charge in [-0.3, -0.25) is 9.59 Å². The number of halogens is 7. The van der Waals surface area contributed by atoms with Crippen LogP contribution in [0.15, 0.2) is 72.8 Å². The Morgan fingerprint density at radius 1 is 0.581 bits per heavy atom. The van der Waals surface area contributed by atoms with Crippen molar-refractivity contribution in [3.63, 3.8) is 0 Å². The van der Waals surface area contributed by atoms with Crippen molar-refractivity contribution in [2.75, 3.05) is 0 Å². The van der Waals surface area contributed by atoms with E-state index in [1.807, 2.05) is 0 Å². The second-order valence-electron chi connectivity index (χ2n) is 9.62. The number of benzene rings is 4. The third-order valence-electron chi connectivity index (χ3n) is 6.93. The quantitative estimate of drug-likeness (QED) is 0.115. The second-order valence-corrected chi connectivity index (χ2v) is 9.62. The third-order valence-corrected chi connectivity index (χ3v) is 6.93. The van der Waals surface area contributed by atoms with Gasteiger partial charge in [-0.15, -0.1) is 0 Å². The maximum Gasteiger partial charge on any atom is 0.416 e. The van der Waals surface area contributed by atoms with Crippen molar-refractivity contribution >= 4 is 36.9 Å². The Kier molecular flexibility index (Phi) is 9.13. The van der Waals surface area contributed by atoms with Gasteiger partial charge in [-0.2, -0.15) is 26.3 Å². The minimum absolute atomic E-state index is 0.0489. The molecule has 0 aliphatic heterocycles. The average molecular weight is 597 g/mol. The van der Waals surface area contributed by atoms with Crippen molar-refractivity contribution in [3.8, 4) is 11.1 Å². The summed E-state index contributed by atoms with van der Waals surface area (Å²) in [7, 11) is 0. The molecule has 0 aliphatic rings. The maximum absolute atomic E-state index is 14.5. The molecule has 0 saturated heterocycles. The standard InChI is InChI=1S/C34H23F7O2/c1-21-24(10-12-26-16-22(19-42)8-14-31(26)33(36,37)38)4-2-6-28(21)29-7-3-5-25(30(29)18-35)11-13-27-17-23(20-43)9-15-32(27)34(39,40)41/h2-17,19-20H,18H2,1H3/b12-10+,13-11+. The van der Waals surface area contributed by atoms with Gasteiger partial charge >= 0.3 is 12.4 Å². The molecule has 9 heteroatoms. The van der Waals surface area contributed by atoms with Gasteiger partial charge in [0, 0.05) is 11.1 Å². The lowest BCUT2D eigenvalue weighted by atomic mass is 9.90. The highest BCUT2D eigenvalue weighted by Gasteiger charge is 2.33. The molecular formula is C34H23F7O2. The Morgan fingerprint density at radius 3 is 1.49 bits per heavy atom. The molecule has 0 heterocycles. The summed E-state index contributed by atoms with van der Waals surface area (Å²) in [4.78, 5) is 22.3. The van der Waals surface area contributed by atoms with E-state index in [0.717, 1.165) is 36.4 Å². The molecule has 0 saturated carbocycles. The predicted octanol–water partition coefficient (Wildman–Crippen LogP) is 10.1. The summed E-state index contributed by atoms with van der Waals surface area (Å²) in [5.41, 5.74) is 0.500. The zero-order valence-corrected chi connectivity index (χ0v) is 22.6.